The zero-order valence-electron chi connectivity index (χ0n) is 19.3. The summed E-state index contributed by atoms with van der Waals surface area (Å²) in [5.41, 5.74) is 4.12. The number of rotatable bonds is 3. The number of hydrogen-bond donors (Lipinski definition) is 1. The van der Waals surface area contributed by atoms with E-state index in [0.717, 1.165) is 61.6 Å². The molecule has 0 radical (unpaired) electrons. The zero-order chi connectivity index (χ0) is 22.9. The Morgan fingerprint density at radius 2 is 1.58 bits per heavy atom. The molecule has 2 saturated heterocycles. The van der Waals surface area contributed by atoms with E-state index in [9.17, 15) is 9.59 Å². The first kappa shape index (κ1) is 21.6. The highest BCUT2D eigenvalue weighted by molar-refractivity contribution is 5.97. The zero-order valence-corrected chi connectivity index (χ0v) is 19.3. The Labute approximate surface area is 193 Å². The third-order valence-electron chi connectivity index (χ3n) is 6.87. The van der Waals surface area contributed by atoms with Crippen molar-refractivity contribution in [2.24, 2.45) is 0 Å². The van der Waals surface area contributed by atoms with E-state index in [1.165, 1.54) is 0 Å². The number of piperidine rings is 1. The van der Waals surface area contributed by atoms with Gasteiger partial charge in [-0.25, -0.2) is 4.98 Å². The standard InChI is InChI=1S/C25H30N6O2/c1-17-27-22-6-3-19(15-23(22)28-17)24(32)30-9-7-18(8-10-30)21-5-4-20(16-26-21)25(33)31-13-11-29(2)12-14-31/h3-6,15-16,18H,7-14H2,1-2H3,(H,27,28). The molecule has 2 fully saturated rings. The summed E-state index contributed by atoms with van der Waals surface area (Å²) >= 11 is 0. The van der Waals surface area contributed by atoms with Crippen molar-refractivity contribution in [2.75, 3.05) is 46.3 Å². The minimum Gasteiger partial charge on any atom is -0.342 e. The molecule has 4 heterocycles. The van der Waals surface area contributed by atoms with Crippen LogP contribution in [0.1, 0.15) is 51.0 Å². The lowest BCUT2D eigenvalue weighted by Crippen LogP contribution is -2.47. The lowest BCUT2D eigenvalue weighted by Gasteiger charge is -2.33. The highest BCUT2D eigenvalue weighted by Gasteiger charge is 2.26. The van der Waals surface area contributed by atoms with E-state index in [0.29, 0.717) is 30.1 Å². The summed E-state index contributed by atoms with van der Waals surface area (Å²) in [5, 5.41) is 0. The van der Waals surface area contributed by atoms with Crippen molar-refractivity contribution in [3.8, 4) is 0 Å². The number of fused-ring (bicyclic) bond motifs is 1. The van der Waals surface area contributed by atoms with E-state index in [4.69, 9.17) is 0 Å². The van der Waals surface area contributed by atoms with Crippen LogP contribution in [0.4, 0.5) is 0 Å². The fourth-order valence-corrected chi connectivity index (χ4v) is 4.80. The van der Waals surface area contributed by atoms with Gasteiger partial charge < -0.3 is 19.7 Å². The van der Waals surface area contributed by atoms with Gasteiger partial charge in [0.2, 0.25) is 0 Å². The topological polar surface area (TPSA) is 85.4 Å². The van der Waals surface area contributed by atoms with Gasteiger partial charge in [0, 0.05) is 62.6 Å². The van der Waals surface area contributed by atoms with E-state index in [2.05, 4.69) is 26.9 Å². The van der Waals surface area contributed by atoms with Crippen molar-refractivity contribution in [3.63, 3.8) is 0 Å². The Morgan fingerprint density at radius 3 is 2.27 bits per heavy atom. The second-order valence-electron chi connectivity index (χ2n) is 9.19. The maximum absolute atomic E-state index is 13.0. The van der Waals surface area contributed by atoms with Crippen LogP contribution in [0.15, 0.2) is 36.5 Å². The molecule has 0 aliphatic carbocycles. The highest BCUT2D eigenvalue weighted by atomic mass is 16.2. The third-order valence-corrected chi connectivity index (χ3v) is 6.87. The second kappa shape index (κ2) is 8.94. The minimum absolute atomic E-state index is 0.0590. The third kappa shape index (κ3) is 4.48. The van der Waals surface area contributed by atoms with Crippen LogP contribution in [0.3, 0.4) is 0 Å². The maximum atomic E-state index is 13.0. The Bertz CT molecular complexity index is 1160. The SMILES string of the molecule is Cc1nc2ccc(C(=O)N3CCC(c4ccc(C(=O)N5CCN(C)CC5)cn4)CC3)cc2[nH]1. The fraction of sp³-hybridized carbons (Fsp3) is 0.440. The van der Waals surface area contributed by atoms with Crippen LogP contribution in [-0.4, -0.2) is 87.8 Å². The van der Waals surface area contributed by atoms with Crippen LogP contribution < -0.4 is 0 Å². The number of nitrogens with one attached hydrogen (secondary N) is 1. The van der Waals surface area contributed by atoms with E-state index < -0.39 is 0 Å². The number of aryl methyl sites for hydroxylation is 1. The number of amides is 2. The summed E-state index contributed by atoms with van der Waals surface area (Å²) in [4.78, 5) is 44.1. The molecule has 33 heavy (non-hydrogen) atoms. The second-order valence-corrected chi connectivity index (χ2v) is 9.19. The smallest absolute Gasteiger partial charge is 0.255 e. The summed E-state index contributed by atoms with van der Waals surface area (Å²) in [7, 11) is 2.08. The van der Waals surface area contributed by atoms with Gasteiger partial charge in [-0.05, 0) is 57.1 Å². The predicted octanol–water partition coefficient (Wildman–Crippen LogP) is 2.67. The number of aromatic nitrogens is 3. The first-order chi connectivity index (χ1) is 16.0. The van der Waals surface area contributed by atoms with Crippen molar-refractivity contribution in [1.29, 1.82) is 0 Å². The van der Waals surface area contributed by atoms with Crippen LogP contribution >= 0.6 is 0 Å². The normalized spacial score (nSPS) is 18.1. The number of likely N-dealkylation sites (tertiary alicyclic amines) is 1. The Morgan fingerprint density at radius 1 is 0.909 bits per heavy atom. The molecule has 8 heteroatoms. The van der Waals surface area contributed by atoms with Crippen LogP contribution in [0, 0.1) is 6.92 Å². The predicted molar refractivity (Wildman–Crippen MR) is 126 cm³/mol. The van der Waals surface area contributed by atoms with Crippen LogP contribution in [0.25, 0.3) is 11.0 Å². The molecule has 1 N–H and O–H groups in total. The summed E-state index contributed by atoms with van der Waals surface area (Å²) < 4.78 is 0. The number of hydrogen-bond acceptors (Lipinski definition) is 5. The monoisotopic (exact) mass is 446 g/mol. The number of benzene rings is 1. The number of nitrogens with zero attached hydrogens (tertiary/aromatic N) is 5. The molecule has 172 valence electrons. The maximum Gasteiger partial charge on any atom is 0.255 e. The Balaban J connectivity index is 1.19. The fourth-order valence-electron chi connectivity index (χ4n) is 4.80. The lowest BCUT2D eigenvalue weighted by molar-refractivity contribution is 0.0662. The molecule has 0 bridgehead atoms. The highest BCUT2D eigenvalue weighted by Crippen LogP contribution is 2.28. The number of carbonyl (C=O) groups excluding carboxylic acids is 2. The number of piperazine rings is 1. The molecule has 0 atom stereocenters. The molecular formula is C25H30N6O2. The minimum atomic E-state index is 0.0590. The number of likely N-dealkylation sites (N-methyl/N-ethyl adjacent to an activating group) is 1. The molecule has 8 nitrogen and oxygen atoms in total. The van der Waals surface area contributed by atoms with Gasteiger partial charge >= 0.3 is 0 Å². The van der Waals surface area contributed by atoms with Crippen molar-refractivity contribution < 1.29 is 9.59 Å². The number of imidazole rings is 1. The summed E-state index contributed by atoms with van der Waals surface area (Å²) in [5.74, 6) is 1.27. The van der Waals surface area contributed by atoms with Gasteiger partial charge in [0.05, 0.1) is 16.6 Å². The molecule has 2 aliphatic rings. The quantitative estimate of drug-likeness (QED) is 0.669. The average Bonchev–Trinajstić information content (AvgIpc) is 3.23. The molecule has 5 rings (SSSR count). The van der Waals surface area contributed by atoms with Gasteiger partial charge in [-0.2, -0.15) is 0 Å². The van der Waals surface area contributed by atoms with E-state index in [-0.39, 0.29) is 11.8 Å². The van der Waals surface area contributed by atoms with Crippen molar-refractivity contribution >= 4 is 22.8 Å². The molecule has 0 unspecified atom stereocenters. The summed E-state index contributed by atoms with van der Waals surface area (Å²) in [6, 6.07) is 9.53. The van der Waals surface area contributed by atoms with Crippen LogP contribution in [0.2, 0.25) is 0 Å². The van der Waals surface area contributed by atoms with Gasteiger partial charge in [-0.15, -0.1) is 0 Å². The van der Waals surface area contributed by atoms with Crippen LogP contribution in [0.5, 0.6) is 0 Å². The number of H-pyrrole nitrogens is 1. The van der Waals surface area contributed by atoms with Crippen molar-refractivity contribution in [3.05, 3.63) is 59.2 Å². The van der Waals surface area contributed by atoms with Gasteiger partial charge in [-0.1, -0.05) is 0 Å². The molecule has 2 aliphatic heterocycles. The van der Waals surface area contributed by atoms with Gasteiger partial charge in [0.25, 0.3) is 11.8 Å². The Kier molecular flexibility index (Phi) is 5.85. The van der Waals surface area contributed by atoms with Crippen LogP contribution in [-0.2, 0) is 0 Å². The first-order valence-corrected chi connectivity index (χ1v) is 11.7. The molecular weight excluding hydrogens is 416 g/mol. The van der Waals surface area contributed by atoms with E-state index in [1.54, 1.807) is 6.20 Å². The van der Waals surface area contributed by atoms with E-state index >= 15 is 0 Å². The Hall–Kier alpha value is -3.26. The van der Waals surface area contributed by atoms with Gasteiger partial charge in [0.1, 0.15) is 5.82 Å². The molecule has 3 aromatic rings. The number of carbonyl (C=O) groups is 2. The average molecular weight is 447 g/mol. The van der Waals surface area contributed by atoms with E-state index in [1.807, 2.05) is 47.1 Å². The molecule has 1 aromatic carbocycles. The first-order valence-electron chi connectivity index (χ1n) is 11.7. The lowest BCUT2D eigenvalue weighted by atomic mass is 9.92. The molecule has 0 spiro atoms. The number of pyridine rings is 1. The summed E-state index contributed by atoms with van der Waals surface area (Å²) in [6.07, 6.45) is 3.46. The molecule has 2 amide bonds. The van der Waals surface area contributed by atoms with Crippen molar-refractivity contribution in [2.45, 2.75) is 25.7 Å². The molecule has 2 aromatic heterocycles. The molecule has 0 saturated carbocycles. The summed E-state index contributed by atoms with van der Waals surface area (Å²) in [6.45, 7) is 6.65. The number of aromatic amines is 1. The largest absolute Gasteiger partial charge is 0.342 e. The van der Waals surface area contributed by atoms with Crippen molar-refractivity contribution in [1.82, 2.24) is 29.7 Å². The van der Waals surface area contributed by atoms with Gasteiger partial charge in [-0.3, -0.25) is 14.6 Å². The van der Waals surface area contributed by atoms with Gasteiger partial charge in [0.15, 0.2) is 0 Å².